The summed E-state index contributed by atoms with van der Waals surface area (Å²) in [7, 11) is 0. The molecule has 5 heteroatoms. The average molecular weight is 368 g/mol. The third kappa shape index (κ3) is 3.99. The molecule has 0 aliphatic carbocycles. The first kappa shape index (κ1) is 17.7. The highest BCUT2D eigenvalue weighted by Gasteiger charge is 2.09. The van der Waals surface area contributed by atoms with Crippen molar-refractivity contribution in [2.75, 3.05) is 10.6 Å². The van der Waals surface area contributed by atoms with Gasteiger partial charge >= 0.3 is 0 Å². The smallest absolute Gasteiger partial charge is 0.229 e. The van der Waals surface area contributed by atoms with Crippen LogP contribution in [0, 0.1) is 0 Å². The topological polar surface area (TPSA) is 66.9 Å². The van der Waals surface area contributed by atoms with E-state index in [0.717, 1.165) is 22.4 Å². The van der Waals surface area contributed by atoms with Crippen molar-refractivity contribution < 1.29 is 4.79 Å². The number of para-hydroxylation sites is 1. The fraction of sp³-hybridized carbons (Fsp3) is 0.0870. The van der Waals surface area contributed by atoms with Crippen molar-refractivity contribution >= 4 is 34.1 Å². The molecule has 1 aromatic heterocycles. The molecule has 2 N–H and O–H groups in total. The first-order chi connectivity index (χ1) is 13.7. The normalized spacial score (nSPS) is 10.6. The zero-order chi connectivity index (χ0) is 19.3. The van der Waals surface area contributed by atoms with Crippen LogP contribution in [0.3, 0.4) is 0 Å². The SMILES string of the molecule is CC(=O)c1cccc(Nc2nc(NCc3ccccc3)c3ccccc3n2)c1. The summed E-state index contributed by atoms with van der Waals surface area (Å²) in [5, 5.41) is 7.59. The molecule has 0 saturated heterocycles. The van der Waals surface area contributed by atoms with Crippen LogP contribution in [0.15, 0.2) is 78.9 Å². The zero-order valence-electron chi connectivity index (χ0n) is 15.5. The average Bonchev–Trinajstić information content (AvgIpc) is 2.73. The van der Waals surface area contributed by atoms with E-state index in [-0.39, 0.29) is 5.78 Å². The lowest BCUT2D eigenvalue weighted by Crippen LogP contribution is -2.06. The van der Waals surface area contributed by atoms with Crippen LogP contribution >= 0.6 is 0 Å². The van der Waals surface area contributed by atoms with Gasteiger partial charge in [-0.25, -0.2) is 4.98 Å². The number of rotatable bonds is 6. The molecule has 0 aliphatic heterocycles. The Kier molecular flexibility index (Phi) is 4.97. The summed E-state index contributed by atoms with van der Waals surface area (Å²) in [6.07, 6.45) is 0. The first-order valence-electron chi connectivity index (χ1n) is 9.12. The van der Waals surface area contributed by atoms with Crippen molar-refractivity contribution in [1.82, 2.24) is 9.97 Å². The highest BCUT2D eigenvalue weighted by Crippen LogP contribution is 2.24. The van der Waals surface area contributed by atoms with E-state index in [4.69, 9.17) is 0 Å². The Morgan fingerprint density at radius 1 is 0.893 bits per heavy atom. The first-order valence-corrected chi connectivity index (χ1v) is 9.12. The maximum Gasteiger partial charge on any atom is 0.229 e. The molecule has 0 amide bonds. The number of benzene rings is 3. The molecule has 0 bridgehead atoms. The minimum atomic E-state index is 0.0216. The molecule has 0 aliphatic rings. The highest BCUT2D eigenvalue weighted by molar-refractivity contribution is 5.95. The van der Waals surface area contributed by atoms with Crippen LogP contribution in [0.5, 0.6) is 0 Å². The maximum absolute atomic E-state index is 11.6. The lowest BCUT2D eigenvalue weighted by Gasteiger charge is -2.12. The van der Waals surface area contributed by atoms with Crippen LogP contribution in [-0.2, 0) is 6.54 Å². The van der Waals surface area contributed by atoms with Crippen LogP contribution < -0.4 is 10.6 Å². The number of anilines is 3. The van der Waals surface area contributed by atoms with Gasteiger partial charge in [0.1, 0.15) is 5.82 Å². The van der Waals surface area contributed by atoms with Gasteiger partial charge in [-0.3, -0.25) is 4.79 Å². The molecule has 28 heavy (non-hydrogen) atoms. The van der Waals surface area contributed by atoms with Crippen LogP contribution in [0.4, 0.5) is 17.5 Å². The molecule has 1 heterocycles. The molecule has 0 spiro atoms. The second kappa shape index (κ2) is 7.88. The van der Waals surface area contributed by atoms with Gasteiger partial charge in [0.2, 0.25) is 5.95 Å². The Morgan fingerprint density at radius 2 is 1.68 bits per heavy atom. The Hall–Kier alpha value is -3.73. The maximum atomic E-state index is 11.6. The molecule has 0 saturated carbocycles. The number of aromatic nitrogens is 2. The summed E-state index contributed by atoms with van der Waals surface area (Å²) in [6.45, 7) is 2.22. The van der Waals surface area contributed by atoms with E-state index in [0.29, 0.717) is 18.1 Å². The number of carbonyl (C=O) groups is 1. The van der Waals surface area contributed by atoms with Crippen LogP contribution in [0.25, 0.3) is 10.9 Å². The van der Waals surface area contributed by atoms with Crippen molar-refractivity contribution in [1.29, 1.82) is 0 Å². The van der Waals surface area contributed by atoms with Gasteiger partial charge in [-0.05, 0) is 36.8 Å². The Bertz CT molecular complexity index is 1130. The molecular formula is C23H20N4O. The van der Waals surface area contributed by atoms with E-state index in [1.165, 1.54) is 5.56 Å². The van der Waals surface area contributed by atoms with Crippen molar-refractivity contribution in [3.05, 3.63) is 90.0 Å². The number of Topliss-reactive ketones (excluding diaryl/α,β-unsaturated/α-hetero) is 1. The van der Waals surface area contributed by atoms with Gasteiger partial charge in [-0.1, -0.05) is 54.6 Å². The van der Waals surface area contributed by atoms with E-state index < -0.39 is 0 Å². The largest absolute Gasteiger partial charge is 0.365 e. The number of fused-ring (bicyclic) bond motifs is 1. The summed E-state index contributed by atoms with van der Waals surface area (Å²) in [5.74, 6) is 1.27. The van der Waals surface area contributed by atoms with E-state index >= 15 is 0 Å². The van der Waals surface area contributed by atoms with Crippen LogP contribution in [0.2, 0.25) is 0 Å². The molecule has 0 unspecified atom stereocenters. The summed E-state index contributed by atoms with van der Waals surface area (Å²) >= 11 is 0. The van der Waals surface area contributed by atoms with E-state index in [9.17, 15) is 4.79 Å². The summed E-state index contributed by atoms with van der Waals surface area (Å²) in [6, 6.07) is 25.4. The Morgan fingerprint density at radius 3 is 2.50 bits per heavy atom. The highest BCUT2D eigenvalue weighted by atomic mass is 16.1. The van der Waals surface area contributed by atoms with Crippen molar-refractivity contribution in [2.24, 2.45) is 0 Å². The lowest BCUT2D eigenvalue weighted by molar-refractivity contribution is 0.101. The quantitative estimate of drug-likeness (QED) is 0.459. The number of nitrogens with one attached hydrogen (secondary N) is 2. The monoisotopic (exact) mass is 368 g/mol. The van der Waals surface area contributed by atoms with E-state index in [2.05, 4.69) is 32.7 Å². The number of ketones is 1. The second-order valence-corrected chi connectivity index (χ2v) is 6.51. The molecule has 0 radical (unpaired) electrons. The van der Waals surface area contributed by atoms with Gasteiger partial charge in [0.15, 0.2) is 5.78 Å². The Balaban J connectivity index is 1.65. The summed E-state index contributed by atoms with van der Waals surface area (Å²) < 4.78 is 0. The zero-order valence-corrected chi connectivity index (χ0v) is 15.5. The molecule has 4 rings (SSSR count). The molecular weight excluding hydrogens is 348 g/mol. The molecule has 4 aromatic rings. The fourth-order valence-electron chi connectivity index (χ4n) is 2.99. The lowest BCUT2D eigenvalue weighted by atomic mass is 10.1. The number of nitrogens with zero attached hydrogens (tertiary/aromatic N) is 2. The minimum Gasteiger partial charge on any atom is -0.365 e. The van der Waals surface area contributed by atoms with Crippen molar-refractivity contribution in [2.45, 2.75) is 13.5 Å². The van der Waals surface area contributed by atoms with Crippen molar-refractivity contribution in [3.8, 4) is 0 Å². The predicted molar refractivity (Wildman–Crippen MR) is 113 cm³/mol. The molecule has 3 aromatic carbocycles. The fourth-order valence-corrected chi connectivity index (χ4v) is 2.99. The van der Waals surface area contributed by atoms with Gasteiger partial charge in [-0.2, -0.15) is 4.98 Å². The standard InChI is InChI=1S/C23H20N4O/c1-16(28)18-10-7-11-19(14-18)25-23-26-21-13-6-5-12-20(21)22(27-23)24-15-17-8-3-2-4-9-17/h2-14H,15H2,1H3,(H2,24,25,26,27). The van der Waals surface area contributed by atoms with Gasteiger partial charge in [0.25, 0.3) is 0 Å². The summed E-state index contributed by atoms with van der Waals surface area (Å²) in [5.41, 5.74) is 3.44. The molecule has 138 valence electrons. The number of carbonyl (C=O) groups excluding carboxylic acids is 1. The molecule has 0 atom stereocenters. The minimum absolute atomic E-state index is 0.0216. The van der Waals surface area contributed by atoms with Gasteiger partial charge in [0, 0.05) is 23.2 Å². The third-order valence-electron chi connectivity index (χ3n) is 4.43. The van der Waals surface area contributed by atoms with E-state index in [1.807, 2.05) is 54.6 Å². The predicted octanol–water partition coefficient (Wildman–Crippen LogP) is 5.19. The summed E-state index contributed by atoms with van der Waals surface area (Å²) in [4.78, 5) is 20.9. The van der Waals surface area contributed by atoms with Crippen LogP contribution in [-0.4, -0.2) is 15.8 Å². The molecule has 0 fully saturated rings. The number of hydrogen-bond acceptors (Lipinski definition) is 5. The Labute approximate surface area is 163 Å². The number of hydrogen-bond donors (Lipinski definition) is 2. The second-order valence-electron chi connectivity index (χ2n) is 6.51. The van der Waals surface area contributed by atoms with Crippen LogP contribution in [0.1, 0.15) is 22.8 Å². The molecule has 5 nitrogen and oxygen atoms in total. The van der Waals surface area contributed by atoms with Gasteiger partial charge in [0.05, 0.1) is 5.52 Å². The van der Waals surface area contributed by atoms with Crippen molar-refractivity contribution in [3.63, 3.8) is 0 Å². The van der Waals surface area contributed by atoms with Gasteiger partial charge in [-0.15, -0.1) is 0 Å². The van der Waals surface area contributed by atoms with E-state index in [1.54, 1.807) is 19.1 Å². The van der Waals surface area contributed by atoms with Gasteiger partial charge < -0.3 is 10.6 Å². The third-order valence-corrected chi connectivity index (χ3v) is 4.43.